The number of carboxylic acid groups (broad SMARTS) is 1. The highest BCUT2D eigenvalue weighted by molar-refractivity contribution is 5.89. The van der Waals surface area contributed by atoms with Crippen LogP contribution in [0.1, 0.15) is 12.5 Å². The second-order valence-corrected chi connectivity index (χ2v) is 5.13. The Hall–Kier alpha value is -2.82. The van der Waals surface area contributed by atoms with Crippen molar-refractivity contribution in [1.29, 1.82) is 0 Å². The number of aliphatic carboxylic acids is 1. The number of carbonyl (C=O) groups is 2. The summed E-state index contributed by atoms with van der Waals surface area (Å²) in [4.78, 5) is 23.6. The lowest BCUT2D eigenvalue weighted by Crippen LogP contribution is -2.58. The molecule has 114 valence electrons. The Labute approximate surface area is 129 Å². The first kappa shape index (κ1) is 15.6. The van der Waals surface area contributed by atoms with Crippen LogP contribution in [0.4, 0.5) is 5.69 Å². The Bertz CT molecular complexity index is 643. The summed E-state index contributed by atoms with van der Waals surface area (Å²) >= 11 is 0. The first-order valence-corrected chi connectivity index (χ1v) is 6.91. The highest BCUT2D eigenvalue weighted by atomic mass is 16.4. The summed E-state index contributed by atoms with van der Waals surface area (Å²) < 4.78 is 0. The molecule has 1 atom stereocenters. The molecule has 0 aliphatic heterocycles. The first-order valence-electron chi connectivity index (χ1n) is 6.91. The van der Waals surface area contributed by atoms with Crippen molar-refractivity contribution in [2.24, 2.45) is 0 Å². The molecule has 5 nitrogen and oxygen atoms in total. The van der Waals surface area contributed by atoms with Gasteiger partial charge in [-0.15, -0.1) is 0 Å². The maximum Gasteiger partial charge on any atom is 0.350 e. The van der Waals surface area contributed by atoms with Crippen LogP contribution < -0.4 is 10.6 Å². The minimum absolute atomic E-state index is 0.125. The molecule has 2 rings (SSSR count). The fourth-order valence-corrected chi connectivity index (χ4v) is 2.05. The van der Waals surface area contributed by atoms with E-state index in [0.29, 0.717) is 5.69 Å². The summed E-state index contributed by atoms with van der Waals surface area (Å²) in [7, 11) is 0. The molecule has 0 saturated carbocycles. The molecule has 2 aromatic carbocycles. The molecular formula is C17H18N2O3. The van der Waals surface area contributed by atoms with E-state index >= 15 is 0 Å². The second kappa shape index (κ2) is 6.76. The number of hydrogen-bond donors (Lipinski definition) is 3. The van der Waals surface area contributed by atoms with E-state index in [0.717, 1.165) is 5.56 Å². The third kappa shape index (κ3) is 4.09. The van der Waals surface area contributed by atoms with Gasteiger partial charge in [0.2, 0.25) is 11.6 Å². The standard InChI is InChI=1S/C17H18N2O3/c1-17(16(21)22,18-14-10-6-3-7-11-14)19-15(20)12-13-8-4-2-5-9-13/h2-11,18H,12H2,1H3,(H,19,20)(H,21,22). The van der Waals surface area contributed by atoms with Crippen LogP contribution in [-0.2, 0) is 16.0 Å². The lowest BCUT2D eigenvalue weighted by Gasteiger charge is -2.28. The van der Waals surface area contributed by atoms with Gasteiger partial charge in [0.05, 0.1) is 6.42 Å². The van der Waals surface area contributed by atoms with Crippen molar-refractivity contribution in [1.82, 2.24) is 5.32 Å². The lowest BCUT2D eigenvalue weighted by molar-refractivity contribution is -0.145. The number of carboxylic acids is 1. The zero-order valence-corrected chi connectivity index (χ0v) is 12.2. The summed E-state index contributed by atoms with van der Waals surface area (Å²) in [6.45, 7) is 1.42. The van der Waals surface area contributed by atoms with Gasteiger partial charge in [-0.05, 0) is 24.6 Å². The summed E-state index contributed by atoms with van der Waals surface area (Å²) in [5.74, 6) is -1.52. The average molecular weight is 298 g/mol. The van der Waals surface area contributed by atoms with Crippen LogP contribution >= 0.6 is 0 Å². The van der Waals surface area contributed by atoms with E-state index in [4.69, 9.17) is 0 Å². The van der Waals surface area contributed by atoms with Crippen LogP contribution in [0.15, 0.2) is 60.7 Å². The van der Waals surface area contributed by atoms with Crippen LogP contribution in [-0.4, -0.2) is 22.6 Å². The van der Waals surface area contributed by atoms with Gasteiger partial charge < -0.3 is 15.7 Å². The van der Waals surface area contributed by atoms with Crippen LogP contribution in [0.3, 0.4) is 0 Å². The van der Waals surface area contributed by atoms with Gasteiger partial charge in [-0.25, -0.2) is 4.79 Å². The molecule has 0 fully saturated rings. The Morgan fingerprint density at radius 2 is 1.55 bits per heavy atom. The van der Waals surface area contributed by atoms with Gasteiger partial charge in [0.25, 0.3) is 0 Å². The van der Waals surface area contributed by atoms with Gasteiger partial charge in [-0.2, -0.15) is 0 Å². The van der Waals surface area contributed by atoms with E-state index in [1.165, 1.54) is 6.92 Å². The molecule has 2 aromatic rings. The molecule has 0 aliphatic carbocycles. The average Bonchev–Trinajstić information content (AvgIpc) is 2.48. The third-order valence-corrected chi connectivity index (χ3v) is 3.19. The van der Waals surface area contributed by atoms with Gasteiger partial charge in [0.1, 0.15) is 0 Å². The van der Waals surface area contributed by atoms with Crippen LogP contribution in [0.5, 0.6) is 0 Å². The molecular weight excluding hydrogens is 280 g/mol. The Morgan fingerprint density at radius 3 is 2.09 bits per heavy atom. The van der Waals surface area contributed by atoms with Gasteiger partial charge in [0.15, 0.2) is 0 Å². The summed E-state index contributed by atoms with van der Waals surface area (Å²) in [6, 6.07) is 18.1. The fraction of sp³-hybridized carbons (Fsp3) is 0.176. The van der Waals surface area contributed by atoms with E-state index in [2.05, 4.69) is 10.6 Å². The number of hydrogen-bond acceptors (Lipinski definition) is 3. The van der Waals surface area contributed by atoms with Crippen LogP contribution in [0, 0.1) is 0 Å². The first-order chi connectivity index (χ1) is 10.5. The van der Waals surface area contributed by atoms with Gasteiger partial charge >= 0.3 is 5.97 Å². The molecule has 1 amide bonds. The molecule has 0 heterocycles. The molecule has 0 aliphatic rings. The van der Waals surface area contributed by atoms with Crippen LogP contribution in [0.2, 0.25) is 0 Å². The minimum Gasteiger partial charge on any atom is -0.478 e. The number of rotatable bonds is 6. The van der Waals surface area contributed by atoms with Gasteiger partial charge in [0, 0.05) is 5.69 Å². The van der Waals surface area contributed by atoms with E-state index < -0.39 is 11.6 Å². The van der Waals surface area contributed by atoms with Crippen molar-refractivity contribution in [2.75, 3.05) is 5.32 Å². The van der Waals surface area contributed by atoms with E-state index in [9.17, 15) is 14.7 Å². The quantitative estimate of drug-likeness (QED) is 0.715. The van der Waals surface area contributed by atoms with Crippen molar-refractivity contribution in [3.8, 4) is 0 Å². The lowest BCUT2D eigenvalue weighted by atomic mass is 10.1. The maximum atomic E-state index is 12.1. The molecule has 0 bridgehead atoms. The van der Waals surface area contributed by atoms with E-state index in [1.807, 2.05) is 36.4 Å². The highest BCUT2D eigenvalue weighted by Crippen LogP contribution is 2.13. The predicted octanol–water partition coefficient (Wildman–Crippen LogP) is 2.26. The summed E-state index contributed by atoms with van der Waals surface area (Å²) in [5.41, 5.74) is -0.132. The number of amides is 1. The largest absolute Gasteiger partial charge is 0.478 e. The maximum absolute atomic E-state index is 12.1. The zero-order valence-electron chi connectivity index (χ0n) is 12.2. The molecule has 3 N–H and O–H groups in total. The molecule has 0 radical (unpaired) electrons. The number of anilines is 1. The molecule has 22 heavy (non-hydrogen) atoms. The molecule has 0 aromatic heterocycles. The smallest absolute Gasteiger partial charge is 0.350 e. The number of para-hydroxylation sites is 1. The zero-order chi connectivity index (χ0) is 16.0. The summed E-state index contributed by atoms with van der Waals surface area (Å²) in [5, 5.41) is 14.8. The molecule has 1 unspecified atom stereocenters. The van der Waals surface area contributed by atoms with Crippen molar-refractivity contribution < 1.29 is 14.7 Å². The fourth-order valence-electron chi connectivity index (χ4n) is 2.05. The highest BCUT2D eigenvalue weighted by Gasteiger charge is 2.34. The molecule has 5 heteroatoms. The Kier molecular flexibility index (Phi) is 4.78. The second-order valence-electron chi connectivity index (χ2n) is 5.13. The topological polar surface area (TPSA) is 78.4 Å². The minimum atomic E-state index is -1.58. The van der Waals surface area contributed by atoms with Crippen molar-refractivity contribution >= 4 is 17.6 Å². The van der Waals surface area contributed by atoms with E-state index in [1.54, 1.807) is 24.3 Å². The normalized spacial score (nSPS) is 13.0. The number of carbonyl (C=O) groups excluding carboxylic acids is 1. The third-order valence-electron chi connectivity index (χ3n) is 3.19. The van der Waals surface area contributed by atoms with Gasteiger partial charge in [-0.3, -0.25) is 4.79 Å². The summed E-state index contributed by atoms with van der Waals surface area (Å²) in [6.07, 6.45) is 0.125. The number of benzene rings is 2. The Morgan fingerprint density at radius 1 is 1.00 bits per heavy atom. The predicted molar refractivity (Wildman–Crippen MR) is 84.4 cm³/mol. The van der Waals surface area contributed by atoms with Crippen LogP contribution in [0.25, 0.3) is 0 Å². The van der Waals surface area contributed by atoms with Crippen molar-refractivity contribution in [2.45, 2.75) is 19.0 Å². The van der Waals surface area contributed by atoms with Crippen molar-refractivity contribution in [3.05, 3.63) is 66.2 Å². The van der Waals surface area contributed by atoms with E-state index in [-0.39, 0.29) is 12.3 Å². The van der Waals surface area contributed by atoms with Gasteiger partial charge in [-0.1, -0.05) is 48.5 Å². The monoisotopic (exact) mass is 298 g/mol. The SMILES string of the molecule is CC(NC(=O)Cc1ccccc1)(Nc1ccccc1)C(=O)O. The Balaban J connectivity index is 2.07. The number of nitrogens with one attached hydrogen (secondary N) is 2. The van der Waals surface area contributed by atoms with Crippen molar-refractivity contribution in [3.63, 3.8) is 0 Å². The molecule has 0 saturated heterocycles. The molecule has 0 spiro atoms.